The van der Waals surface area contributed by atoms with Crippen molar-refractivity contribution in [3.8, 4) is 17.6 Å². The summed E-state index contributed by atoms with van der Waals surface area (Å²) in [6, 6.07) is 13.4. The molecule has 0 aliphatic rings. The minimum atomic E-state index is -0.903. The molecule has 26 heavy (non-hydrogen) atoms. The van der Waals surface area contributed by atoms with Gasteiger partial charge in [-0.25, -0.2) is 4.39 Å². The maximum Gasteiger partial charge on any atom is 0.279 e. The summed E-state index contributed by atoms with van der Waals surface area (Å²) >= 11 is 0. The van der Waals surface area contributed by atoms with Crippen LogP contribution in [-0.2, 0) is 9.59 Å². The van der Waals surface area contributed by atoms with Crippen molar-refractivity contribution in [1.29, 1.82) is 5.26 Å². The number of hydrogen-bond acceptors (Lipinski definition) is 5. The topological polar surface area (TPSA) is 100 Å². The maximum atomic E-state index is 12.8. The van der Waals surface area contributed by atoms with E-state index in [1.54, 1.807) is 24.3 Å². The number of rotatable bonds is 6. The van der Waals surface area contributed by atoms with Crippen molar-refractivity contribution in [2.24, 2.45) is 0 Å². The van der Waals surface area contributed by atoms with Crippen LogP contribution in [0.5, 0.6) is 11.5 Å². The molecule has 0 heterocycles. The first-order valence-corrected chi connectivity index (χ1v) is 7.62. The average Bonchev–Trinajstić information content (AvgIpc) is 2.66. The Hall–Kier alpha value is -3.60. The summed E-state index contributed by atoms with van der Waals surface area (Å²) in [5, 5.41) is 8.70. The molecule has 0 aliphatic heterocycles. The summed E-state index contributed by atoms with van der Waals surface area (Å²) in [6.07, 6.45) is -0.903. The quantitative estimate of drug-likeness (QED) is 0.767. The highest BCUT2D eigenvalue weighted by Gasteiger charge is 2.15. The van der Waals surface area contributed by atoms with Crippen molar-refractivity contribution in [2.75, 3.05) is 6.61 Å². The molecule has 0 spiro atoms. The average molecular weight is 357 g/mol. The minimum absolute atomic E-state index is 0.320. The normalized spacial score (nSPS) is 11.0. The van der Waals surface area contributed by atoms with E-state index in [4.69, 9.17) is 14.7 Å². The maximum absolute atomic E-state index is 12.8. The second-order valence-corrected chi connectivity index (χ2v) is 5.18. The molecule has 7 nitrogen and oxygen atoms in total. The van der Waals surface area contributed by atoms with Gasteiger partial charge in [-0.15, -0.1) is 0 Å². The molecule has 2 rings (SSSR count). The van der Waals surface area contributed by atoms with Gasteiger partial charge in [0.2, 0.25) is 0 Å². The third-order valence-electron chi connectivity index (χ3n) is 3.17. The van der Waals surface area contributed by atoms with Crippen LogP contribution < -0.4 is 20.3 Å². The van der Waals surface area contributed by atoms with Crippen molar-refractivity contribution in [3.05, 3.63) is 59.9 Å². The van der Waals surface area contributed by atoms with Gasteiger partial charge in [0.25, 0.3) is 11.8 Å². The first-order chi connectivity index (χ1) is 12.5. The summed E-state index contributed by atoms with van der Waals surface area (Å²) in [6.45, 7) is 1.16. The Morgan fingerprint density at radius 2 is 1.69 bits per heavy atom. The zero-order valence-corrected chi connectivity index (χ0v) is 13.9. The van der Waals surface area contributed by atoms with Crippen LogP contribution in [-0.4, -0.2) is 24.5 Å². The lowest BCUT2D eigenvalue weighted by molar-refractivity contribution is -0.133. The van der Waals surface area contributed by atoms with Gasteiger partial charge in [-0.05, 0) is 55.5 Å². The molecule has 2 N–H and O–H groups in total. The van der Waals surface area contributed by atoms with Gasteiger partial charge in [0.05, 0.1) is 11.6 Å². The molecule has 134 valence electrons. The largest absolute Gasteiger partial charge is 0.484 e. The molecule has 0 radical (unpaired) electrons. The lowest BCUT2D eigenvalue weighted by Crippen LogP contribution is -2.48. The Bertz CT molecular complexity index is 801. The molecule has 0 unspecified atom stereocenters. The Kier molecular flexibility index (Phi) is 6.51. The fourth-order valence-corrected chi connectivity index (χ4v) is 1.81. The van der Waals surface area contributed by atoms with E-state index in [-0.39, 0.29) is 6.61 Å². The number of amides is 2. The van der Waals surface area contributed by atoms with Crippen LogP contribution in [0.25, 0.3) is 0 Å². The van der Waals surface area contributed by atoms with E-state index in [0.29, 0.717) is 17.1 Å². The monoisotopic (exact) mass is 357 g/mol. The highest BCUT2D eigenvalue weighted by Crippen LogP contribution is 2.13. The number of nitrogens with zero attached hydrogens (tertiary/aromatic N) is 1. The van der Waals surface area contributed by atoms with Crippen molar-refractivity contribution < 1.29 is 23.5 Å². The third-order valence-corrected chi connectivity index (χ3v) is 3.17. The summed E-state index contributed by atoms with van der Waals surface area (Å²) in [4.78, 5) is 23.5. The van der Waals surface area contributed by atoms with Crippen molar-refractivity contribution in [3.63, 3.8) is 0 Å². The highest BCUT2D eigenvalue weighted by atomic mass is 19.1. The van der Waals surface area contributed by atoms with Crippen molar-refractivity contribution in [1.82, 2.24) is 10.9 Å². The summed E-state index contributed by atoms with van der Waals surface area (Å²) in [5.41, 5.74) is 4.88. The summed E-state index contributed by atoms with van der Waals surface area (Å²) in [7, 11) is 0. The van der Waals surface area contributed by atoms with Gasteiger partial charge in [-0.2, -0.15) is 5.26 Å². The molecular weight excluding hydrogens is 341 g/mol. The molecule has 0 bridgehead atoms. The zero-order chi connectivity index (χ0) is 18.9. The smallest absolute Gasteiger partial charge is 0.279 e. The number of nitrogens with one attached hydrogen (secondary N) is 2. The van der Waals surface area contributed by atoms with Crippen LogP contribution in [0, 0.1) is 17.1 Å². The van der Waals surface area contributed by atoms with E-state index in [9.17, 15) is 14.0 Å². The number of hydrogen-bond donors (Lipinski definition) is 2. The van der Waals surface area contributed by atoms with Crippen molar-refractivity contribution >= 4 is 11.8 Å². The molecule has 0 fully saturated rings. The van der Waals surface area contributed by atoms with E-state index in [1.807, 2.05) is 6.07 Å². The van der Waals surface area contributed by atoms with E-state index < -0.39 is 23.7 Å². The number of carbonyl (C=O) groups excluding carboxylic acids is 2. The van der Waals surface area contributed by atoms with Crippen LogP contribution in [0.1, 0.15) is 12.5 Å². The van der Waals surface area contributed by atoms with Gasteiger partial charge >= 0.3 is 0 Å². The predicted octanol–water partition coefficient (Wildman–Crippen LogP) is 1.69. The van der Waals surface area contributed by atoms with Crippen LogP contribution in [0.3, 0.4) is 0 Å². The number of nitriles is 1. The Labute approximate surface area is 149 Å². The first kappa shape index (κ1) is 18.7. The van der Waals surface area contributed by atoms with Crippen molar-refractivity contribution in [2.45, 2.75) is 13.0 Å². The second kappa shape index (κ2) is 9.03. The summed E-state index contributed by atoms with van der Waals surface area (Å²) < 4.78 is 23.4. The van der Waals surface area contributed by atoms with E-state index >= 15 is 0 Å². The zero-order valence-electron chi connectivity index (χ0n) is 13.9. The van der Waals surface area contributed by atoms with Gasteiger partial charge in [0.1, 0.15) is 17.3 Å². The molecule has 0 saturated carbocycles. The molecule has 2 aromatic carbocycles. The minimum Gasteiger partial charge on any atom is -0.484 e. The summed E-state index contributed by atoms with van der Waals surface area (Å²) in [5.74, 6) is -0.829. The van der Waals surface area contributed by atoms with Crippen LogP contribution in [0.15, 0.2) is 48.5 Å². The lowest BCUT2D eigenvalue weighted by atomic mass is 10.2. The van der Waals surface area contributed by atoms with E-state index in [1.165, 1.54) is 31.2 Å². The van der Waals surface area contributed by atoms with Crippen LogP contribution in [0.2, 0.25) is 0 Å². The Morgan fingerprint density at radius 1 is 1.08 bits per heavy atom. The fraction of sp³-hybridized carbons (Fsp3) is 0.167. The molecule has 1 atom stereocenters. The van der Waals surface area contributed by atoms with E-state index in [2.05, 4.69) is 10.9 Å². The van der Waals surface area contributed by atoms with E-state index in [0.717, 1.165) is 0 Å². The Morgan fingerprint density at radius 3 is 2.31 bits per heavy atom. The first-order valence-electron chi connectivity index (χ1n) is 7.62. The van der Waals surface area contributed by atoms with Crippen LogP contribution in [0.4, 0.5) is 4.39 Å². The third kappa shape index (κ3) is 5.79. The van der Waals surface area contributed by atoms with Crippen LogP contribution >= 0.6 is 0 Å². The van der Waals surface area contributed by atoms with Gasteiger partial charge in [-0.3, -0.25) is 20.4 Å². The van der Waals surface area contributed by atoms with Gasteiger partial charge in [-0.1, -0.05) is 0 Å². The number of benzene rings is 2. The van der Waals surface area contributed by atoms with Gasteiger partial charge in [0.15, 0.2) is 12.7 Å². The predicted molar refractivity (Wildman–Crippen MR) is 89.4 cm³/mol. The van der Waals surface area contributed by atoms with Gasteiger partial charge < -0.3 is 9.47 Å². The molecular formula is C18H16FN3O4. The number of carbonyl (C=O) groups is 2. The second-order valence-electron chi connectivity index (χ2n) is 5.18. The molecule has 8 heteroatoms. The SMILES string of the molecule is C[C@@H](Oc1ccc(F)cc1)C(=O)NNC(=O)COc1ccc(C#N)cc1. The number of ether oxygens (including phenoxy) is 2. The fourth-order valence-electron chi connectivity index (χ4n) is 1.81. The Balaban J connectivity index is 1.72. The molecule has 2 aromatic rings. The number of hydrazine groups is 1. The van der Waals surface area contributed by atoms with Gasteiger partial charge in [0, 0.05) is 0 Å². The number of halogens is 1. The molecule has 0 saturated heterocycles. The molecule has 0 aromatic heterocycles. The molecule has 0 aliphatic carbocycles. The lowest BCUT2D eigenvalue weighted by Gasteiger charge is -2.15. The molecule has 2 amide bonds. The highest BCUT2D eigenvalue weighted by molar-refractivity contribution is 5.85. The standard InChI is InChI=1S/C18H16FN3O4/c1-12(26-16-8-4-14(19)5-9-16)18(24)22-21-17(23)11-25-15-6-2-13(10-20)3-7-15/h2-9,12H,11H2,1H3,(H,21,23)(H,22,24)/t12-/m1/s1.